The van der Waals surface area contributed by atoms with Gasteiger partial charge in [-0.15, -0.1) is 0 Å². The van der Waals surface area contributed by atoms with E-state index in [4.69, 9.17) is 0 Å². The fraction of sp³-hybridized carbons (Fsp3) is 0.0968. The molecule has 2 heterocycles. The molecule has 2 atom stereocenters. The monoisotopic (exact) mass is 820 g/mol. The molecule has 0 saturated carbocycles. The van der Waals surface area contributed by atoms with E-state index in [2.05, 4.69) is 242 Å². The summed E-state index contributed by atoms with van der Waals surface area (Å²) >= 11 is 0. The molecule has 1 N–H and O–H groups in total. The first-order valence-electron chi connectivity index (χ1n) is 22.7. The van der Waals surface area contributed by atoms with Gasteiger partial charge in [0.1, 0.15) is 0 Å². The fourth-order valence-electron chi connectivity index (χ4n) is 10.6. The molecule has 1 aliphatic heterocycles. The van der Waals surface area contributed by atoms with Gasteiger partial charge in [-0.2, -0.15) is 0 Å². The molecule has 0 fully saturated rings. The Kier molecular flexibility index (Phi) is 9.09. The number of fused-ring (bicyclic) bond motifs is 11. The predicted octanol–water partition coefficient (Wildman–Crippen LogP) is 16.5. The highest BCUT2D eigenvalue weighted by molar-refractivity contribution is 6.10. The van der Waals surface area contributed by atoms with Gasteiger partial charge in [-0.3, -0.25) is 0 Å². The van der Waals surface area contributed by atoms with Crippen LogP contribution in [0.15, 0.2) is 224 Å². The van der Waals surface area contributed by atoms with Crippen molar-refractivity contribution in [3.8, 4) is 50.2 Å². The molecule has 306 valence electrons. The third-order valence-electron chi connectivity index (χ3n) is 14.0. The summed E-state index contributed by atoms with van der Waals surface area (Å²) in [6, 6.07) is 69.8. The lowest BCUT2D eigenvalue weighted by Gasteiger charge is -2.38. The molecule has 0 spiro atoms. The summed E-state index contributed by atoms with van der Waals surface area (Å²) < 4.78 is 2.48. The van der Waals surface area contributed by atoms with Gasteiger partial charge in [0.25, 0.3) is 0 Å². The van der Waals surface area contributed by atoms with Crippen LogP contribution in [0.1, 0.15) is 43.4 Å². The van der Waals surface area contributed by atoms with Crippen LogP contribution >= 0.6 is 0 Å². The average Bonchev–Trinajstić information content (AvgIpc) is 3.69. The molecular weight excluding hydrogens is 773 g/mol. The summed E-state index contributed by atoms with van der Waals surface area (Å²) in [4.78, 5) is 0. The van der Waals surface area contributed by atoms with Crippen LogP contribution in [0.3, 0.4) is 0 Å². The Morgan fingerprint density at radius 2 is 1.19 bits per heavy atom. The molecule has 64 heavy (non-hydrogen) atoms. The first kappa shape index (κ1) is 38.0. The summed E-state index contributed by atoms with van der Waals surface area (Å²) in [7, 11) is 0. The SMILES string of the molecule is CC1C=CC=C(c2cc(-c3ccccc3)cc(-n3c4ccccc4c4cc(C5=CC=C6Nc7ccc(-c8ccccc8)cc7-c7ccccc7-c7cccc(c7)C6(C)C5)ccc43)c2)C1. The molecule has 0 radical (unpaired) electrons. The molecule has 2 unspecified atom stereocenters. The van der Waals surface area contributed by atoms with E-state index in [9.17, 15) is 0 Å². The van der Waals surface area contributed by atoms with Crippen LogP contribution in [0, 0.1) is 5.92 Å². The number of hydrogen-bond acceptors (Lipinski definition) is 1. The zero-order valence-corrected chi connectivity index (χ0v) is 36.2. The van der Waals surface area contributed by atoms with Gasteiger partial charge < -0.3 is 9.88 Å². The molecule has 1 aromatic heterocycles. The highest BCUT2D eigenvalue weighted by Gasteiger charge is 2.36. The molecule has 3 aliphatic rings. The van der Waals surface area contributed by atoms with Crippen LogP contribution in [0.25, 0.3) is 83.1 Å². The van der Waals surface area contributed by atoms with Crippen LogP contribution in [-0.4, -0.2) is 4.57 Å². The van der Waals surface area contributed by atoms with Crippen molar-refractivity contribution in [1.82, 2.24) is 4.57 Å². The molecule has 2 heteroatoms. The van der Waals surface area contributed by atoms with Gasteiger partial charge in [-0.25, -0.2) is 0 Å². The van der Waals surface area contributed by atoms with Gasteiger partial charge in [0, 0.05) is 38.8 Å². The van der Waals surface area contributed by atoms with Crippen molar-refractivity contribution in [1.29, 1.82) is 0 Å². The first-order valence-corrected chi connectivity index (χ1v) is 22.7. The normalized spacial score (nSPS) is 17.7. The standard InChI is InChI=1S/C62H48N2/c1-41-15-13-20-44(33-41)50-34-49(43-18-7-4-8-19-43)36-52(37-50)64-59-26-12-11-25-55(59)57-39-46(28-31-60(57)64)48-29-32-61-62(2,40-48)51-22-14-21-47(35-51)53-23-9-10-24-54(53)56-38-45(27-30-58(56)63-61)42-16-5-3-6-17-42/h3-32,34-39,41,63H,33,40H2,1-2H3. The highest BCUT2D eigenvalue weighted by atomic mass is 15.0. The molecule has 0 saturated heterocycles. The fourth-order valence-corrected chi connectivity index (χ4v) is 10.6. The number of anilines is 1. The smallest absolute Gasteiger partial charge is 0.0541 e. The van der Waals surface area contributed by atoms with Gasteiger partial charge in [-0.1, -0.05) is 171 Å². The van der Waals surface area contributed by atoms with E-state index in [1.54, 1.807) is 0 Å². The van der Waals surface area contributed by atoms with Crippen LogP contribution < -0.4 is 5.32 Å². The van der Waals surface area contributed by atoms with Crippen LogP contribution in [-0.2, 0) is 5.41 Å². The minimum Gasteiger partial charge on any atom is -0.358 e. The van der Waals surface area contributed by atoms with Gasteiger partial charge in [0.15, 0.2) is 0 Å². The summed E-state index contributed by atoms with van der Waals surface area (Å²) in [5.41, 5.74) is 21.9. The van der Waals surface area contributed by atoms with Gasteiger partial charge in [0.05, 0.1) is 11.0 Å². The topological polar surface area (TPSA) is 17.0 Å². The van der Waals surface area contributed by atoms with Crippen LogP contribution in [0.2, 0.25) is 0 Å². The summed E-state index contributed by atoms with van der Waals surface area (Å²) in [5.74, 6) is 0.509. The van der Waals surface area contributed by atoms with E-state index in [0.29, 0.717) is 5.92 Å². The molecule has 2 bridgehead atoms. The Balaban J connectivity index is 0.996. The van der Waals surface area contributed by atoms with E-state index >= 15 is 0 Å². The lowest BCUT2D eigenvalue weighted by atomic mass is 9.70. The van der Waals surface area contributed by atoms with Gasteiger partial charge in [-0.05, 0) is 147 Å². The Morgan fingerprint density at radius 1 is 0.484 bits per heavy atom. The van der Waals surface area contributed by atoms with Crippen molar-refractivity contribution >= 4 is 38.6 Å². The Morgan fingerprint density at radius 3 is 2.02 bits per heavy atom. The maximum Gasteiger partial charge on any atom is 0.0541 e. The molecule has 0 amide bonds. The number of hydrogen-bond donors (Lipinski definition) is 1. The van der Waals surface area contributed by atoms with Gasteiger partial charge >= 0.3 is 0 Å². The quantitative estimate of drug-likeness (QED) is 0.183. The zero-order valence-electron chi connectivity index (χ0n) is 36.2. The van der Waals surface area contributed by atoms with E-state index < -0.39 is 0 Å². The van der Waals surface area contributed by atoms with E-state index in [0.717, 1.165) is 18.5 Å². The van der Waals surface area contributed by atoms with Crippen LogP contribution in [0.5, 0.6) is 0 Å². The number of nitrogens with one attached hydrogen (secondary N) is 1. The van der Waals surface area contributed by atoms with E-state index in [-0.39, 0.29) is 5.41 Å². The summed E-state index contributed by atoms with van der Waals surface area (Å²) in [5, 5.41) is 6.56. The van der Waals surface area contributed by atoms with Crippen molar-refractivity contribution in [2.75, 3.05) is 5.32 Å². The van der Waals surface area contributed by atoms with Crippen molar-refractivity contribution in [3.63, 3.8) is 0 Å². The Labute approximate surface area is 375 Å². The number of benzene rings is 8. The Bertz CT molecular complexity index is 3430. The van der Waals surface area contributed by atoms with Crippen LogP contribution in [0.4, 0.5) is 5.69 Å². The first-order chi connectivity index (χ1) is 31.5. The number of para-hydroxylation sites is 1. The lowest BCUT2D eigenvalue weighted by Crippen LogP contribution is -2.31. The highest BCUT2D eigenvalue weighted by Crippen LogP contribution is 2.49. The minimum atomic E-state index is -0.320. The maximum absolute atomic E-state index is 4.04. The minimum absolute atomic E-state index is 0.320. The number of nitrogens with zero attached hydrogens (tertiary/aromatic N) is 1. The second-order valence-electron chi connectivity index (χ2n) is 18.1. The van der Waals surface area contributed by atoms with Crippen molar-refractivity contribution in [2.45, 2.75) is 32.1 Å². The Hall–Kier alpha value is -7.68. The maximum atomic E-state index is 4.04. The average molecular weight is 821 g/mol. The summed E-state index contributed by atoms with van der Waals surface area (Å²) in [6.45, 7) is 4.73. The second-order valence-corrected chi connectivity index (χ2v) is 18.1. The molecular formula is C62H48N2. The lowest BCUT2D eigenvalue weighted by molar-refractivity contribution is 0.572. The molecule has 2 aliphatic carbocycles. The predicted molar refractivity (Wildman–Crippen MR) is 272 cm³/mol. The number of rotatable bonds is 5. The van der Waals surface area contributed by atoms with E-state index in [1.807, 2.05) is 0 Å². The third-order valence-corrected chi connectivity index (χ3v) is 14.0. The van der Waals surface area contributed by atoms with E-state index in [1.165, 1.54) is 106 Å². The molecule has 9 aromatic rings. The molecule has 2 nitrogen and oxygen atoms in total. The molecule has 8 aromatic carbocycles. The second kappa shape index (κ2) is 15.3. The largest absolute Gasteiger partial charge is 0.358 e. The van der Waals surface area contributed by atoms with Crippen molar-refractivity contribution in [2.24, 2.45) is 5.92 Å². The van der Waals surface area contributed by atoms with Crippen molar-refractivity contribution < 1.29 is 0 Å². The summed E-state index contributed by atoms with van der Waals surface area (Å²) in [6.07, 6.45) is 13.4. The number of allylic oxidation sites excluding steroid dienone is 8. The third kappa shape index (κ3) is 6.48. The number of aromatic nitrogens is 1. The zero-order chi connectivity index (χ0) is 42.8. The molecule has 12 rings (SSSR count). The van der Waals surface area contributed by atoms with Crippen molar-refractivity contribution in [3.05, 3.63) is 241 Å². The van der Waals surface area contributed by atoms with Gasteiger partial charge in [0.2, 0.25) is 0 Å².